The van der Waals surface area contributed by atoms with Gasteiger partial charge in [0.15, 0.2) is 16.6 Å². The van der Waals surface area contributed by atoms with Crippen LogP contribution in [0.2, 0.25) is 0 Å². The summed E-state index contributed by atoms with van der Waals surface area (Å²) in [6.07, 6.45) is 0. The van der Waals surface area contributed by atoms with Crippen molar-refractivity contribution in [3.8, 4) is 22.8 Å². The first kappa shape index (κ1) is 28.9. The number of nitrogens with zero attached hydrogens (tertiary/aromatic N) is 2. The lowest BCUT2D eigenvalue weighted by Gasteiger charge is -2.24. The number of carbonyl (C=O) groups is 1. The molecule has 214 valence electrons. The first-order chi connectivity index (χ1) is 20.4. The molecule has 7 heteroatoms. The zero-order chi connectivity index (χ0) is 29.5. The number of aryl methyl sites for hydroxylation is 2. The average molecular weight is 578 g/mol. The lowest BCUT2D eigenvalue weighted by atomic mass is 10.1. The zero-order valence-corrected chi connectivity index (χ0v) is 25.2. The minimum atomic E-state index is -0.0943. The Morgan fingerprint density at radius 2 is 1.52 bits per heavy atom. The van der Waals surface area contributed by atoms with Crippen molar-refractivity contribution in [2.24, 2.45) is 0 Å². The number of para-hydroxylation sites is 1. The molecule has 6 nitrogen and oxygen atoms in total. The Kier molecular flexibility index (Phi) is 9.19. The van der Waals surface area contributed by atoms with E-state index in [0.29, 0.717) is 36.7 Å². The van der Waals surface area contributed by atoms with Gasteiger partial charge in [-0.2, -0.15) is 0 Å². The van der Waals surface area contributed by atoms with Crippen LogP contribution in [-0.2, 0) is 19.6 Å². The minimum Gasteiger partial charge on any atom is -0.493 e. The normalized spacial score (nSPS) is 10.8. The van der Waals surface area contributed by atoms with Crippen molar-refractivity contribution in [1.29, 1.82) is 0 Å². The molecule has 0 aliphatic heterocycles. The van der Waals surface area contributed by atoms with Crippen molar-refractivity contribution >= 4 is 22.4 Å². The zero-order valence-electron chi connectivity index (χ0n) is 24.4. The molecule has 5 aromatic rings. The van der Waals surface area contributed by atoms with E-state index in [4.69, 9.17) is 14.5 Å². The van der Waals surface area contributed by atoms with E-state index in [2.05, 4.69) is 54.4 Å². The van der Waals surface area contributed by atoms with E-state index >= 15 is 0 Å². The molecule has 1 aromatic heterocycles. The molecule has 0 bridgehead atoms. The molecule has 1 heterocycles. The molecule has 0 aliphatic rings. The van der Waals surface area contributed by atoms with Gasteiger partial charge in [0.05, 0.1) is 19.9 Å². The SMILES string of the molecule is COc1cccc(CN(Cc2ccc(C(=O)NCc3ccc(C)cc3)cc2)c2nc(-c3ccccc3)c(C)s2)c1OC. The highest BCUT2D eigenvalue weighted by molar-refractivity contribution is 7.16. The molecule has 1 N–H and O–H groups in total. The molecule has 0 radical (unpaired) electrons. The summed E-state index contributed by atoms with van der Waals surface area (Å²) >= 11 is 1.67. The summed E-state index contributed by atoms with van der Waals surface area (Å²) in [6, 6.07) is 32.1. The highest BCUT2D eigenvalue weighted by Gasteiger charge is 2.20. The van der Waals surface area contributed by atoms with E-state index in [1.807, 2.05) is 66.7 Å². The number of benzene rings is 4. The van der Waals surface area contributed by atoms with Crippen molar-refractivity contribution in [3.05, 3.63) is 130 Å². The van der Waals surface area contributed by atoms with Gasteiger partial charge in [-0.15, -0.1) is 11.3 Å². The standard InChI is InChI=1S/C35H35N3O3S/c1-24-13-15-26(16-14-24)21-36-34(39)29-19-17-27(18-20-29)22-38(23-30-11-8-12-31(40-3)33(30)41-4)35-37-32(25(2)42-35)28-9-6-5-7-10-28/h5-20H,21-23H2,1-4H3,(H,36,39). The van der Waals surface area contributed by atoms with Gasteiger partial charge in [-0.25, -0.2) is 4.98 Å². The molecule has 42 heavy (non-hydrogen) atoms. The number of amides is 1. The monoisotopic (exact) mass is 577 g/mol. The molecule has 0 fully saturated rings. The highest BCUT2D eigenvalue weighted by Crippen LogP contribution is 2.36. The van der Waals surface area contributed by atoms with Crippen LogP contribution in [0.25, 0.3) is 11.3 Å². The number of ether oxygens (including phenoxy) is 2. The van der Waals surface area contributed by atoms with Crippen LogP contribution in [0.3, 0.4) is 0 Å². The molecular formula is C35H35N3O3S. The van der Waals surface area contributed by atoms with Gasteiger partial charge in [-0.05, 0) is 43.2 Å². The average Bonchev–Trinajstić information content (AvgIpc) is 3.42. The Bertz CT molecular complexity index is 1630. The molecule has 5 rings (SSSR count). The van der Waals surface area contributed by atoms with Crippen molar-refractivity contribution in [2.75, 3.05) is 19.1 Å². The van der Waals surface area contributed by atoms with Gasteiger partial charge in [0.1, 0.15) is 0 Å². The number of methoxy groups -OCH3 is 2. The van der Waals surface area contributed by atoms with Crippen LogP contribution >= 0.6 is 11.3 Å². The summed E-state index contributed by atoms with van der Waals surface area (Å²) in [5.41, 5.74) is 7.05. The molecule has 0 saturated heterocycles. The van der Waals surface area contributed by atoms with Gasteiger partial charge >= 0.3 is 0 Å². The summed E-state index contributed by atoms with van der Waals surface area (Å²) in [5.74, 6) is 1.31. The molecule has 1 amide bonds. The fraction of sp³-hybridized carbons (Fsp3) is 0.200. The summed E-state index contributed by atoms with van der Waals surface area (Å²) in [7, 11) is 3.31. The molecule has 0 atom stereocenters. The van der Waals surface area contributed by atoms with Gasteiger partial charge in [-0.1, -0.05) is 84.4 Å². The third-order valence-corrected chi connectivity index (χ3v) is 8.14. The van der Waals surface area contributed by atoms with Gasteiger partial charge in [0.25, 0.3) is 5.91 Å². The second-order valence-corrected chi connectivity index (χ2v) is 11.3. The summed E-state index contributed by atoms with van der Waals surface area (Å²) in [4.78, 5) is 21.3. The van der Waals surface area contributed by atoms with Crippen LogP contribution in [0.5, 0.6) is 11.5 Å². The number of anilines is 1. The number of hydrogen-bond acceptors (Lipinski definition) is 6. The second-order valence-electron chi connectivity index (χ2n) is 10.1. The molecular weight excluding hydrogens is 542 g/mol. The Labute approximate surface area is 251 Å². The van der Waals surface area contributed by atoms with Crippen molar-refractivity contribution < 1.29 is 14.3 Å². The van der Waals surface area contributed by atoms with Crippen LogP contribution in [-0.4, -0.2) is 25.1 Å². The summed E-state index contributed by atoms with van der Waals surface area (Å²) < 4.78 is 11.3. The Hall–Kier alpha value is -4.62. The predicted octanol–water partition coefficient (Wildman–Crippen LogP) is 7.58. The molecule has 4 aromatic carbocycles. The minimum absolute atomic E-state index is 0.0943. The maximum Gasteiger partial charge on any atom is 0.251 e. The maximum atomic E-state index is 12.8. The molecule has 0 spiro atoms. The third-order valence-electron chi connectivity index (χ3n) is 7.11. The van der Waals surface area contributed by atoms with Crippen LogP contribution in [0.4, 0.5) is 5.13 Å². The van der Waals surface area contributed by atoms with Crippen LogP contribution in [0.15, 0.2) is 97.1 Å². The Balaban J connectivity index is 1.38. The number of nitrogens with one attached hydrogen (secondary N) is 1. The molecule has 0 unspecified atom stereocenters. The fourth-order valence-corrected chi connectivity index (χ4v) is 5.76. The topological polar surface area (TPSA) is 63.7 Å². The van der Waals surface area contributed by atoms with Crippen molar-refractivity contribution in [2.45, 2.75) is 33.5 Å². The van der Waals surface area contributed by atoms with Crippen LogP contribution in [0, 0.1) is 13.8 Å². The lowest BCUT2D eigenvalue weighted by Crippen LogP contribution is -2.24. The van der Waals surface area contributed by atoms with Gasteiger partial charge in [0, 0.05) is 41.2 Å². The predicted molar refractivity (Wildman–Crippen MR) is 171 cm³/mol. The van der Waals surface area contributed by atoms with Gasteiger partial charge in [-0.3, -0.25) is 4.79 Å². The number of aromatic nitrogens is 1. The quantitative estimate of drug-likeness (QED) is 0.175. The van der Waals surface area contributed by atoms with Crippen molar-refractivity contribution in [1.82, 2.24) is 10.3 Å². The van der Waals surface area contributed by atoms with E-state index in [9.17, 15) is 4.79 Å². The summed E-state index contributed by atoms with van der Waals surface area (Å²) in [5, 5.41) is 3.93. The van der Waals surface area contributed by atoms with Gasteiger partial charge in [0.2, 0.25) is 0 Å². The van der Waals surface area contributed by atoms with E-state index in [-0.39, 0.29) is 5.91 Å². The van der Waals surface area contributed by atoms with Crippen LogP contribution < -0.4 is 19.7 Å². The highest BCUT2D eigenvalue weighted by atomic mass is 32.1. The Morgan fingerprint density at radius 3 is 2.21 bits per heavy atom. The van der Waals surface area contributed by atoms with E-state index in [1.165, 1.54) is 5.56 Å². The van der Waals surface area contributed by atoms with E-state index < -0.39 is 0 Å². The molecule has 0 aliphatic carbocycles. The number of carbonyl (C=O) groups excluding carboxylic acids is 1. The third kappa shape index (κ3) is 6.81. The number of rotatable bonds is 11. The van der Waals surface area contributed by atoms with E-state index in [1.54, 1.807) is 25.6 Å². The largest absolute Gasteiger partial charge is 0.493 e. The smallest absolute Gasteiger partial charge is 0.251 e. The van der Waals surface area contributed by atoms with Crippen molar-refractivity contribution in [3.63, 3.8) is 0 Å². The summed E-state index contributed by atoms with van der Waals surface area (Å²) in [6.45, 7) is 5.82. The maximum absolute atomic E-state index is 12.8. The first-order valence-electron chi connectivity index (χ1n) is 13.9. The lowest BCUT2D eigenvalue weighted by molar-refractivity contribution is 0.0951. The van der Waals surface area contributed by atoms with E-state index in [0.717, 1.165) is 38.0 Å². The van der Waals surface area contributed by atoms with Crippen LogP contribution in [0.1, 0.15) is 37.5 Å². The second kappa shape index (κ2) is 13.4. The Morgan fingerprint density at radius 1 is 0.810 bits per heavy atom. The first-order valence-corrected chi connectivity index (χ1v) is 14.7. The van der Waals surface area contributed by atoms with Gasteiger partial charge < -0.3 is 19.7 Å². The number of hydrogen-bond donors (Lipinski definition) is 1. The fourth-order valence-electron chi connectivity index (χ4n) is 4.83. The number of thiazole rings is 1. The molecule has 0 saturated carbocycles.